The number of aromatic nitrogens is 1. The monoisotopic (exact) mass is 517 g/mol. The van der Waals surface area contributed by atoms with Crippen LogP contribution >= 0.6 is 11.3 Å². The van der Waals surface area contributed by atoms with Crippen LogP contribution in [-0.4, -0.2) is 45.8 Å². The van der Waals surface area contributed by atoms with E-state index in [1.807, 2.05) is 6.92 Å². The Kier molecular flexibility index (Phi) is 7.50. The molecular weight excluding hydrogens is 474 g/mol. The molecule has 0 aliphatic heterocycles. The Morgan fingerprint density at radius 3 is 2.44 bits per heavy atom. The Hall–Kier alpha value is -1.51. The SMILES string of the molecule is C[C@]1(CO)[C@H]2Cc3sc(NC(=O)C4CCCCC4)nc3[C@@H](CC(=O)NC3CCCC3)[C@]2(C)CC[C@H]1O. The zero-order valence-corrected chi connectivity index (χ0v) is 22.7. The van der Waals surface area contributed by atoms with Gasteiger partial charge in [-0.2, -0.15) is 0 Å². The molecule has 3 fully saturated rings. The molecule has 0 radical (unpaired) electrons. The maximum Gasteiger partial charge on any atom is 0.229 e. The molecule has 0 spiro atoms. The minimum atomic E-state index is -0.639. The van der Waals surface area contributed by atoms with Crippen LogP contribution in [0.4, 0.5) is 5.13 Å². The molecule has 0 bridgehead atoms. The summed E-state index contributed by atoms with van der Waals surface area (Å²) in [5.74, 6) is 0.106. The average molecular weight is 518 g/mol. The van der Waals surface area contributed by atoms with Gasteiger partial charge in [0.2, 0.25) is 11.8 Å². The number of aliphatic hydroxyl groups is 2. The number of aliphatic hydroxyl groups excluding tert-OH is 2. The quantitative estimate of drug-likeness (QED) is 0.443. The summed E-state index contributed by atoms with van der Waals surface area (Å²) in [6, 6.07) is 0.265. The number of nitrogens with one attached hydrogen (secondary N) is 2. The van der Waals surface area contributed by atoms with Gasteiger partial charge in [0.05, 0.1) is 18.4 Å². The van der Waals surface area contributed by atoms with Crippen molar-refractivity contribution in [2.75, 3.05) is 11.9 Å². The van der Waals surface area contributed by atoms with Gasteiger partial charge in [-0.1, -0.05) is 46.0 Å². The number of rotatable bonds is 6. The van der Waals surface area contributed by atoms with E-state index in [-0.39, 0.29) is 47.6 Å². The van der Waals surface area contributed by atoms with E-state index in [0.717, 1.165) is 55.5 Å². The first kappa shape index (κ1) is 26.1. The Morgan fingerprint density at radius 1 is 1.06 bits per heavy atom. The number of hydrogen-bond donors (Lipinski definition) is 4. The molecule has 4 N–H and O–H groups in total. The summed E-state index contributed by atoms with van der Waals surface area (Å²) in [6.07, 6.45) is 11.6. The molecule has 0 unspecified atom stereocenters. The summed E-state index contributed by atoms with van der Waals surface area (Å²) >= 11 is 1.52. The van der Waals surface area contributed by atoms with Crippen LogP contribution in [0.3, 0.4) is 0 Å². The lowest BCUT2D eigenvalue weighted by Crippen LogP contribution is -2.57. The van der Waals surface area contributed by atoms with Gasteiger partial charge in [-0.3, -0.25) is 9.59 Å². The smallest absolute Gasteiger partial charge is 0.229 e. The second-order valence-electron chi connectivity index (χ2n) is 12.4. The molecule has 4 aliphatic carbocycles. The van der Waals surface area contributed by atoms with E-state index in [2.05, 4.69) is 17.6 Å². The molecule has 5 atom stereocenters. The molecular formula is C28H43N3O4S. The largest absolute Gasteiger partial charge is 0.396 e. The number of amides is 2. The van der Waals surface area contributed by atoms with E-state index >= 15 is 0 Å². The van der Waals surface area contributed by atoms with Crippen molar-refractivity contribution in [2.24, 2.45) is 22.7 Å². The third-order valence-electron chi connectivity index (χ3n) is 10.2. The molecule has 0 saturated heterocycles. The minimum absolute atomic E-state index is 0.0258. The number of thiazole rings is 1. The molecule has 0 aromatic carbocycles. The summed E-state index contributed by atoms with van der Waals surface area (Å²) in [6.45, 7) is 4.13. The Labute approximate surface area is 218 Å². The van der Waals surface area contributed by atoms with Crippen LogP contribution in [0.25, 0.3) is 0 Å². The molecule has 200 valence electrons. The van der Waals surface area contributed by atoms with Crippen molar-refractivity contribution < 1.29 is 19.8 Å². The van der Waals surface area contributed by atoms with Crippen molar-refractivity contribution in [2.45, 2.75) is 115 Å². The second-order valence-corrected chi connectivity index (χ2v) is 13.5. The highest BCUT2D eigenvalue weighted by Gasteiger charge is 2.59. The van der Waals surface area contributed by atoms with Gasteiger partial charge in [-0.15, -0.1) is 11.3 Å². The van der Waals surface area contributed by atoms with Crippen LogP contribution in [0.15, 0.2) is 0 Å². The molecule has 7 nitrogen and oxygen atoms in total. The normalized spacial score (nSPS) is 35.2. The number of anilines is 1. The van der Waals surface area contributed by atoms with Crippen molar-refractivity contribution in [3.05, 3.63) is 10.6 Å². The first-order valence-electron chi connectivity index (χ1n) is 14.1. The number of carbonyl (C=O) groups is 2. The molecule has 2 amide bonds. The van der Waals surface area contributed by atoms with Crippen molar-refractivity contribution in [1.82, 2.24) is 10.3 Å². The number of carbonyl (C=O) groups excluding carboxylic acids is 2. The standard InChI is InChI=1S/C28H43N3O4S/c1-27-13-12-22(33)28(2,16-32)21(27)15-20-24(19(27)14-23(34)29-18-10-6-7-11-18)30-26(36-20)31-25(35)17-8-4-3-5-9-17/h17-19,21-22,32-33H,3-16H2,1-2H3,(H,29,34)(H,30,31,35)/t19-,21+,22-,27+,28+/m1/s1. The fourth-order valence-corrected chi connectivity index (χ4v) is 8.89. The van der Waals surface area contributed by atoms with E-state index < -0.39 is 11.5 Å². The molecule has 1 heterocycles. The zero-order valence-electron chi connectivity index (χ0n) is 21.9. The van der Waals surface area contributed by atoms with E-state index in [4.69, 9.17) is 4.98 Å². The highest BCUT2D eigenvalue weighted by molar-refractivity contribution is 7.15. The minimum Gasteiger partial charge on any atom is -0.396 e. The Morgan fingerprint density at radius 2 is 1.75 bits per heavy atom. The van der Waals surface area contributed by atoms with Gasteiger partial charge < -0.3 is 20.8 Å². The lowest BCUT2D eigenvalue weighted by atomic mass is 9.47. The van der Waals surface area contributed by atoms with E-state index in [9.17, 15) is 19.8 Å². The highest BCUT2D eigenvalue weighted by atomic mass is 32.1. The Balaban J connectivity index is 1.44. The van der Waals surface area contributed by atoms with Crippen LogP contribution in [-0.2, 0) is 16.0 Å². The highest BCUT2D eigenvalue weighted by Crippen LogP contribution is 2.62. The molecule has 1 aromatic rings. The third kappa shape index (κ3) is 4.73. The predicted molar refractivity (Wildman–Crippen MR) is 141 cm³/mol. The predicted octanol–water partition coefficient (Wildman–Crippen LogP) is 4.53. The van der Waals surface area contributed by atoms with Crippen molar-refractivity contribution >= 4 is 28.3 Å². The number of nitrogens with zero attached hydrogens (tertiary/aromatic N) is 1. The summed E-state index contributed by atoms with van der Waals surface area (Å²) in [5, 5.41) is 28.4. The molecule has 4 aliphatic rings. The van der Waals surface area contributed by atoms with Crippen LogP contribution in [0.2, 0.25) is 0 Å². The first-order chi connectivity index (χ1) is 17.2. The summed E-state index contributed by atoms with van der Waals surface area (Å²) in [4.78, 5) is 32.3. The maximum atomic E-state index is 13.3. The molecule has 5 rings (SSSR count). The van der Waals surface area contributed by atoms with E-state index in [1.54, 1.807) is 0 Å². The molecule has 36 heavy (non-hydrogen) atoms. The topological polar surface area (TPSA) is 112 Å². The summed E-state index contributed by atoms with van der Waals surface area (Å²) in [5.41, 5.74) is 0.0338. The lowest BCUT2D eigenvalue weighted by molar-refractivity contribution is -0.144. The van der Waals surface area contributed by atoms with Gasteiger partial charge >= 0.3 is 0 Å². The van der Waals surface area contributed by atoms with Crippen molar-refractivity contribution in [3.8, 4) is 0 Å². The van der Waals surface area contributed by atoms with Gasteiger partial charge in [-0.05, 0) is 56.3 Å². The van der Waals surface area contributed by atoms with Gasteiger partial charge in [0.25, 0.3) is 0 Å². The van der Waals surface area contributed by atoms with Gasteiger partial charge in [-0.25, -0.2) is 4.98 Å². The second kappa shape index (κ2) is 10.3. The molecule has 3 saturated carbocycles. The average Bonchev–Trinajstić information content (AvgIpc) is 3.53. The number of fused-ring (bicyclic) bond motifs is 2. The molecule has 8 heteroatoms. The van der Waals surface area contributed by atoms with Crippen LogP contribution in [0, 0.1) is 22.7 Å². The summed E-state index contributed by atoms with van der Waals surface area (Å²) < 4.78 is 0. The third-order valence-corrected chi connectivity index (χ3v) is 11.2. The van der Waals surface area contributed by atoms with Crippen molar-refractivity contribution in [3.63, 3.8) is 0 Å². The fraction of sp³-hybridized carbons (Fsp3) is 0.821. The van der Waals surface area contributed by atoms with Gasteiger partial charge in [0.1, 0.15) is 0 Å². The maximum absolute atomic E-state index is 13.3. The van der Waals surface area contributed by atoms with E-state index in [0.29, 0.717) is 24.4 Å². The van der Waals surface area contributed by atoms with Crippen LogP contribution in [0.1, 0.15) is 107 Å². The number of hydrogen-bond acceptors (Lipinski definition) is 6. The van der Waals surface area contributed by atoms with Gasteiger partial charge in [0.15, 0.2) is 5.13 Å². The summed E-state index contributed by atoms with van der Waals surface area (Å²) in [7, 11) is 0. The Bertz CT molecular complexity index is 970. The van der Waals surface area contributed by atoms with E-state index in [1.165, 1.54) is 30.6 Å². The first-order valence-corrected chi connectivity index (χ1v) is 14.9. The van der Waals surface area contributed by atoms with Crippen LogP contribution in [0.5, 0.6) is 0 Å². The molecule has 1 aromatic heterocycles. The zero-order chi connectivity index (χ0) is 25.5. The van der Waals surface area contributed by atoms with Gasteiger partial charge in [0, 0.05) is 34.6 Å². The van der Waals surface area contributed by atoms with Crippen LogP contribution < -0.4 is 10.6 Å². The fourth-order valence-electron chi connectivity index (χ4n) is 7.81. The van der Waals surface area contributed by atoms with Crippen molar-refractivity contribution in [1.29, 1.82) is 0 Å². The lowest BCUT2D eigenvalue weighted by Gasteiger charge is -2.58.